The lowest BCUT2D eigenvalue weighted by Crippen LogP contribution is -2.48. The van der Waals surface area contributed by atoms with Crippen LogP contribution >= 0.6 is 0 Å². The first-order chi connectivity index (χ1) is 22.2. The molecule has 4 aliphatic carbocycles. The number of allylic oxidation sites excluding steroid dienone is 2. The SMILES string of the molecule is COCCN1C(=C/C=C/C2=[N+](CCOC)C3CC4CCCCC4CC3N2CCOC)N(CCOC)C2CC3CCCCC3CC21. The summed E-state index contributed by atoms with van der Waals surface area (Å²) in [6.07, 6.45) is 23.8. The maximum Gasteiger partial charge on any atom is 0.272 e. The minimum Gasteiger partial charge on any atom is -0.383 e. The van der Waals surface area contributed by atoms with Gasteiger partial charge in [-0.15, -0.1) is 0 Å². The van der Waals surface area contributed by atoms with Gasteiger partial charge in [0, 0.05) is 47.6 Å². The van der Waals surface area contributed by atoms with Crippen LogP contribution in [-0.4, -0.2) is 130 Å². The Morgan fingerprint density at radius 2 is 1.07 bits per heavy atom. The fraction of sp³-hybridized carbons (Fsp3) is 0.865. The van der Waals surface area contributed by atoms with Crippen LogP contribution in [-0.2, 0) is 18.9 Å². The lowest BCUT2D eigenvalue weighted by molar-refractivity contribution is -0.566. The summed E-state index contributed by atoms with van der Waals surface area (Å²) in [7, 11) is 7.36. The topological polar surface area (TPSA) is 49.7 Å². The van der Waals surface area contributed by atoms with Crippen LogP contribution in [0, 0.1) is 23.7 Å². The van der Waals surface area contributed by atoms with Gasteiger partial charge in [0.05, 0.1) is 38.5 Å². The molecule has 0 N–H and O–H groups in total. The van der Waals surface area contributed by atoms with Crippen molar-refractivity contribution in [2.75, 3.05) is 81.0 Å². The highest BCUT2D eigenvalue weighted by Gasteiger charge is 2.52. The average Bonchev–Trinajstić information content (AvgIpc) is 3.51. The van der Waals surface area contributed by atoms with E-state index in [0.29, 0.717) is 24.2 Å². The van der Waals surface area contributed by atoms with Crippen LogP contribution in [0.25, 0.3) is 0 Å². The molecule has 8 nitrogen and oxygen atoms in total. The molecule has 8 atom stereocenters. The molecule has 0 amide bonds. The summed E-state index contributed by atoms with van der Waals surface area (Å²) in [5.74, 6) is 6.26. The molecule has 2 aliphatic heterocycles. The fourth-order valence-corrected chi connectivity index (χ4v) is 10.5. The zero-order valence-electron chi connectivity index (χ0n) is 28.9. The first-order valence-electron chi connectivity index (χ1n) is 18.5. The summed E-state index contributed by atoms with van der Waals surface area (Å²) >= 11 is 0. The van der Waals surface area contributed by atoms with Crippen LogP contribution in [0.1, 0.15) is 77.0 Å². The lowest BCUT2D eigenvalue weighted by Gasteiger charge is -2.44. The quantitative estimate of drug-likeness (QED) is 0.252. The monoisotopic (exact) mass is 627 g/mol. The number of fused-ring (bicyclic) bond motifs is 4. The Balaban J connectivity index is 1.32. The van der Waals surface area contributed by atoms with Gasteiger partial charge in [-0.1, -0.05) is 57.4 Å². The molecule has 8 heteroatoms. The summed E-state index contributed by atoms with van der Waals surface area (Å²) < 4.78 is 25.4. The van der Waals surface area contributed by atoms with Gasteiger partial charge in [-0.2, -0.15) is 0 Å². The van der Waals surface area contributed by atoms with Crippen LogP contribution < -0.4 is 0 Å². The number of amidine groups is 1. The second kappa shape index (κ2) is 16.0. The van der Waals surface area contributed by atoms with Crippen molar-refractivity contribution in [1.29, 1.82) is 0 Å². The summed E-state index contributed by atoms with van der Waals surface area (Å²) in [5.41, 5.74) is 0. The van der Waals surface area contributed by atoms with E-state index in [1.165, 1.54) is 88.7 Å². The number of nitrogens with zero attached hydrogens (tertiary/aromatic N) is 4. The van der Waals surface area contributed by atoms with Gasteiger partial charge in [0.2, 0.25) is 0 Å². The molecular weight excluding hydrogens is 564 g/mol. The standard InChI is InChI=1S/C37H63N4O4/c1-42-20-16-38-32-24-28-10-5-6-11-29(28)25-33(32)39(17-21-43-2)36(38)14-9-15-37-40(18-22-44-3)34-26-30-12-7-8-13-31(30)27-35(34)41(37)19-23-45-4/h9,14-15,28-35H,5-8,10-13,16-27H2,1-4H3/q+1. The lowest BCUT2D eigenvalue weighted by atomic mass is 9.67. The molecule has 6 rings (SSSR count). The van der Waals surface area contributed by atoms with E-state index in [-0.39, 0.29) is 0 Å². The third-order valence-corrected chi connectivity index (χ3v) is 12.6. The predicted molar refractivity (Wildman–Crippen MR) is 179 cm³/mol. The molecule has 254 valence electrons. The van der Waals surface area contributed by atoms with Crippen LogP contribution in [0.5, 0.6) is 0 Å². The minimum absolute atomic E-state index is 0.567. The molecule has 0 aromatic heterocycles. The third-order valence-electron chi connectivity index (χ3n) is 12.6. The third kappa shape index (κ3) is 7.14. The molecule has 0 aromatic rings. The minimum atomic E-state index is 0.567. The molecule has 1 saturated heterocycles. The Morgan fingerprint density at radius 1 is 0.600 bits per heavy atom. The Labute approximate surface area is 273 Å². The smallest absolute Gasteiger partial charge is 0.272 e. The molecule has 0 bridgehead atoms. The molecular formula is C37H63N4O4+. The molecule has 6 aliphatic rings. The number of rotatable bonds is 14. The maximum atomic E-state index is 5.67. The normalized spacial score (nSPS) is 34.8. The van der Waals surface area contributed by atoms with E-state index in [1.54, 1.807) is 0 Å². The summed E-state index contributed by atoms with van der Waals surface area (Å²) in [6, 6.07) is 2.27. The van der Waals surface area contributed by atoms with Gasteiger partial charge in [0.25, 0.3) is 5.84 Å². The van der Waals surface area contributed by atoms with Crippen molar-refractivity contribution < 1.29 is 23.5 Å². The number of hydrogen-bond acceptors (Lipinski definition) is 7. The Hall–Kier alpha value is -1.61. The van der Waals surface area contributed by atoms with Crippen LogP contribution in [0.4, 0.5) is 0 Å². The van der Waals surface area contributed by atoms with E-state index < -0.39 is 0 Å². The van der Waals surface area contributed by atoms with Gasteiger partial charge < -0.3 is 28.7 Å². The Morgan fingerprint density at radius 3 is 1.58 bits per heavy atom. The van der Waals surface area contributed by atoms with Crippen LogP contribution in [0.3, 0.4) is 0 Å². The van der Waals surface area contributed by atoms with Gasteiger partial charge in [0.15, 0.2) is 0 Å². The van der Waals surface area contributed by atoms with Crippen LogP contribution in [0.2, 0.25) is 0 Å². The Kier molecular flexibility index (Phi) is 11.8. The second-order valence-electron chi connectivity index (χ2n) is 14.8. The van der Waals surface area contributed by atoms with E-state index in [1.807, 2.05) is 28.4 Å². The molecule has 45 heavy (non-hydrogen) atoms. The first kappa shape index (κ1) is 33.3. The van der Waals surface area contributed by atoms with E-state index >= 15 is 0 Å². The van der Waals surface area contributed by atoms with Crippen molar-refractivity contribution >= 4 is 5.84 Å². The summed E-state index contributed by atoms with van der Waals surface area (Å²) in [6.45, 7) is 6.82. The first-order valence-corrected chi connectivity index (χ1v) is 18.5. The fourth-order valence-electron chi connectivity index (χ4n) is 10.5. The number of hydrogen-bond donors (Lipinski definition) is 0. The van der Waals surface area contributed by atoms with Crippen molar-refractivity contribution in [1.82, 2.24) is 14.7 Å². The second-order valence-corrected chi connectivity index (χ2v) is 14.8. The zero-order valence-corrected chi connectivity index (χ0v) is 28.9. The maximum absolute atomic E-state index is 5.67. The molecule has 8 unspecified atom stereocenters. The summed E-state index contributed by atoms with van der Waals surface area (Å²) in [4.78, 5) is 8.11. The van der Waals surface area contributed by atoms with Gasteiger partial charge in [-0.05, 0) is 55.4 Å². The Bertz CT molecular complexity index is 1010. The summed E-state index contributed by atoms with van der Waals surface area (Å²) in [5, 5.41) is 0. The van der Waals surface area contributed by atoms with Crippen molar-refractivity contribution in [3.05, 3.63) is 24.0 Å². The molecule has 0 radical (unpaired) electrons. The van der Waals surface area contributed by atoms with Crippen LogP contribution in [0.15, 0.2) is 24.0 Å². The molecule has 2 heterocycles. The van der Waals surface area contributed by atoms with Crippen molar-refractivity contribution in [2.24, 2.45) is 23.7 Å². The van der Waals surface area contributed by atoms with Crippen molar-refractivity contribution in [2.45, 2.75) is 101 Å². The highest BCUT2D eigenvalue weighted by molar-refractivity contribution is 5.90. The predicted octanol–water partition coefficient (Wildman–Crippen LogP) is 4.99. The van der Waals surface area contributed by atoms with Crippen molar-refractivity contribution in [3.8, 4) is 0 Å². The largest absolute Gasteiger partial charge is 0.383 e. The highest BCUT2D eigenvalue weighted by Crippen LogP contribution is 2.48. The van der Waals surface area contributed by atoms with Gasteiger partial charge in [-0.25, -0.2) is 0 Å². The molecule has 0 aromatic carbocycles. The van der Waals surface area contributed by atoms with Crippen molar-refractivity contribution in [3.63, 3.8) is 0 Å². The van der Waals surface area contributed by atoms with E-state index in [4.69, 9.17) is 18.9 Å². The zero-order chi connectivity index (χ0) is 31.2. The highest BCUT2D eigenvalue weighted by atomic mass is 16.5. The van der Waals surface area contributed by atoms with E-state index in [2.05, 4.69) is 37.5 Å². The number of methoxy groups -OCH3 is 4. The molecule has 0 spiro atoms. The number of ether oxygens (including phenoxy) is 4. The van der Waals surface area contributed by atoms with E-state index in [0.717, 1.165) is 76.3 Å². The molecule has 5 fully saturated rings. The van der Waals surface area contributed by atoms with Gasteiger partial charge in [-0.3, -0.25) is 9.48 Å². The van der Waals surface area contributed by atoms with Gasteiger partial charge >= 0.3 is 0 Å². The molecule has 4 saturated carbocycles. The van der Waals surface area contributed by atoms with E-state index in [9.17, 15) is 0 Å². The van der Waals surface area contributed by atoms with Gasteiger partial charge in [0.1, 0.15) is 31.0 Å². The average molecular weight is 628 g/mol.